The number of sulfonamides is 1. The minimum Gasteiger partial charge on any atom is -0.346 e. The van der Waals surface area contributed by atoms with Crippen molar-refractivity contribution >= 4 is 38.9 Å². The summed E-state index contributed by atoms with van der Waals surface area (Å²) in [6, 6.07) is 13.3. The van der Waals surface area contributed by atoms with Crippen molar-refractivity contribution in [2.24, 2.45) is 0 Å². The van der Waals surface area contributed by atoms with Crippen molar-refractivity contribution in [1.82, 2.24) is 15.0 Å². The van der Waals surface area contributed by atoms with Crippen LogP contribution in [-0.2, 0) is 23.1 Å². The molecule has 0 saturated heterocycles. The zero-order chi connectivity index (χ0) is 20.1. The molecule has 28 heavy (non-hydrogen) atoms. The average molecular weight is 436 g/mol. The summed E-state index contributed by atoms with van der Waals surface area (Å²) in [6.07, 6.45) is 0. The van der Waals surface area contributed by atoms with Crippen LogP contribution in [0.5, 0.6) is 0 Å². The number of benzene rings is 2. The number of aryl methyl sites for hydroxylation is 1. The maximum atomic E-state index is 12.6. The first-order valence-corrected chi connectivity index (χ1v) is 11.1. The highest BCUT2D eigenvalue weighted by Gasteiger charge is 2.20. The van der Waals surface area contributed by atoms with Gasteiger partial charge in [-0.05, 0) is 30.7 Å². The van der Waals surface area contributed by atoms with Gasteiger partial charge in [-0.3, -0.25) is 4.79 Å². The lowest BCUT2D eigenvalue weighted by Gasteiger charge is -2.10. The molecule has 9 heteroatoms. The molecule has 0 aliphatic heterocycles. The van der Waals surface area contributed by atoms with E-state index in [0.29, 0.717) is 0 Å². The van der Waals surface area contributed by atoms with Crippen molar-refractivity contribution < 1.29 is 13.2 Å². The Hall–Kier alpha value is -2.26. The molecule has 0 fully saturated rings. The summed E-state index contributed by atoms with van der Waals surface area (Å²) < 4.78 is 27.8. The van der Waals surface area contributed by atoms with E-state index in [0.717, 1.165) is 16.3 Å². The monoisotopic (exact) mass is 435 g/mol. The van der Waals surface area contributed by atoms with Crippen molar-refractivity contribution in [2.45, 2.75) is 24.9 Å². The third-order valence-corrected chi connectivity index (χ3v) is 6.59. The maximum Gasteiger partial charge on any atom is 0.251 e. The van der Waals surface area contributed by atoms with E-state index >= 15 is 0 Å². The first-order valence-electron chi connectivity index (χ1n) is 8.37. The van der Waals surface area contributed by atoms with Crippen molar-refractivity contribution in [3.63, 3.8) is 0 Å². The summed E-state index contributed by atoms with van der Waals surface area (Å²) in [5, 5.41) is 5.55. The topological polar surface area (TPSA) is 88.2 Å². The number of carbonyl (C=O) groups excluding carboxylic acids is 1. The Balaban J connectivity index is 1.73. The minimum atomic E-state index is -3.88. The molecule has 2 N–H and O–H groups in total. The van der Waals surface area contributed by atoms with Gasteiger partial charge in [0.05, 0.1) is 22.3 Å². The molecule has 0 radical (unpaired) electrons. The summed E-state index contributed by atoms with van der Waals surface area (Å²) in [7, 11) is -3.88. The predicted octanol–water partition coefficient (Wildman–Crippen LogP) is 3.51. The number of aromatic nitrogens is 1. The molecule has 3 aromatic rings. The molecule has 0 atom stereocenters. The van der Waals surface area contributed by atoms with Gasteiger partial charge in [-0.1, -0.05) is 41.9 Å². The van der Waals surface area contributed by atoms with E-state index in [1.807, 2.05) is 42.6 Å². The van der Waals surface area contributed by atoms with Gasteiger partial charge in [0.2, 0.25) is 10.0 Å². The van der Waals surface area contributed by atoms with Crippen LogP contribution >= 0.6 is 22.9 Å². The Bertz CT molecular complexity index is 1080. The van der Waals surface area contributed by atoms with E-state index in [4.69, 9.17) is 11.6 Å². The van der Waals surface area contributed by atoms with Crippen molar-refractivity contribution in [1.29, 1.82) is 0 Å². The Morgan fingerprint density at radius 3 is 2.57 bits per heavy atom. The number of hydrogen-bond acceptors (Lipinski definition) is 5. The van der Waals surface area contributed by atoms with Gasteiger partial charge in [-0.15, -0.1) is 11.3 Å². The predicted molar refractivity (Wildman–Crippen MR) is 110 cm³/mol. The zero-order valence-corrected chi connectivity index (χ0v) is 17.4. The lowest BCUT2D eigenvalue weighted by molar-refractivity contribution is 0.0950. The van der Waals surface area contributed by atoms with E-state index in [1.165, 1.54) is 29.5 Å². The Labute approximate surface area is 172 Å². The molecule has 0 spiro atoms. The van der Waals surface area contributed by atoms with Gasteiger partial charge in [0.1, 0.15) is 4.90 Å². The van der Waals surface area contributed by atoms with Gasteiger partial charge in [0.15, 0.2) is 0 Å². The second kappa shape index (κ2) is 8.83. The van der Waals surface area contributed by atoms with E-state index < -0.39 is 15.9 Å². The smallest absolute Gasteiger partial charge is 0.251 e. The lowest BCUT2D eigenvalue weighted by atomic mass is 10.2. The third kappa shape index (κ3) is 5.17. The summed E-state index contributed by atoms with van der Waals surface area (Å²) in [6.45, 7) is 2.27. The Morgan fingerprint density at radius 2 is 1.89 bits per heavy atom. The number of nitrogens with one attached hydrogen (secondary N) is 2. The number of halogens is 1. The summed E-state index contributed by atoms with van der Waals surface area (Å²) in [4.78, 5) is 16.5. The third-order valence-electron chi connectivity index (χ3n) is 3.89. The normalized spacial score (nSPS) is 11.4. The van der Waals surface area contributed by atoms with Gasteiger partial charge in [-0.2, -0.15) is 0 Å². The van der Waals surface area contributed by atoms with Gasteiger partial charge in [-0.25, -0.2) is 18.1 Å². The SMILES string of the molecule is Cc1nc(CNC(=O)c2ccc(Cl)c(S(=O)(=O)NCc3ccccc3)c2)cs1. The lowest BCUT2D eigenvalue weighted by Crippen LogP contribution is -2.26. The highest BCUT2D eigenvalue weighted by molar-refractivity contribution is 7.89. The molecule has 1 amide bonds. The molecule has 0 saturated carbocycles. The quantitative estimate of drug-likeness (QED) is 0.594. The molecule has 1 heterocycles. The first-order chi connectivity index (χ1) is 13.3. The second-order valence-corrected chi connectivity index (χ2v) is 9.20. The minimum absolute atomic E-state index is 0.0484. The number of thiazole rings is 1. The van der Waals surface area contributed by atoms with Crippen LogP contribution in [0.2, 0.25) is 5.02 Å². The molecule has 0 bridgehead atoms. The second-order valence-electron chi connectivity index (χ2n) is 6.00. The molecule has 0 aliphatic carbocycles. The summed E-state index contributed by atoms with van der Waals surface area (Å²) in [5.41, 5.74) is 1.77. The number of hydrogen-bond donors (Lipinski definition) is 2. The average Bonchev–Trinajstić information content (AvgIpc) is 3.11. The van der Waals surface area contributed by atoms with Crippen molar-refractivity contribution in [3.8, 4) is 0 Å². The van der Waals surface area contributed by atoms with Gasteiger partial charge < -0.3 is 5.32 Å². The molecule has 6 nitrogen and oxygen atoms in total. The molecule has 3 rings (SSSR count). The highest BCUT2D eigenvalue weighted by Crippen LogP contribution is 2.23. The molecule has 1 aromatic heterocycles. The van der Waals surface area contributed by atoms with Crippen molar-refractivity contribution in [3.05, 3.63) is 80.8 Å². The van der Waals surface area contributed by atoms with Crippen LogP contribution in [0.1, 0.15) is 26.6 Å². The number of rotatable bonds is 7. The van der Waals surface area contributed by atoms with E-state index in [1.54, 1.807) is 0 Å². The standard InChI is InChI=1S/C19H18ClN3O3S2/c1-13-23-16(12-27-13)11-21-19(24)15-7-8-17(20)18(9-15)28(25,26)22-10-14-5-3-2-4-6-14/h2-9,12,22H,10-11H2,1H3,(H,21,24). The van der Waals surface area contributed by atoms with Gasteiger partial charge >= 0.3 is 0 Å². The Morgan fingerprint density at radius 1 is 1.14 bits per heavy atom. The molecular weight excluding hydrogens is 418 g/mol. The van der Waals surface area contributed by atoms with Crippen LogP contribution in [0.3, 0.4) is 0 Å². The highest BCUT2D eigenvalue weighted by atomic mass is 35.5. The fourth-order valence-corrected chi connectivity index (χ4v) is 4.62. The van der Waals surface area contributed by atoms with Crippen LogP contribution in [0.4, 0.5) is 0 Å². The van der Waals surface area contributed by atoms with Crippen molar-refractivity contribution in [2.75, 3.05) is 0 Å². The maximum absolute atomic E-state index is 12.6. The molecule has 0 aliphatic rings. The van der Waals surface area contributed by atoms with Crippen LogP contribution in [0.15, 0.2) is 58.8 Å². The summed E-state index contributed by atoms with van der Waals surface area (Å²) in [5.74, 6) is -0.401. The van der Waals surface area contributed by atoms with Crippen LogP contribution in [-0.4, -0.2) is 19.3 Å². The first kappa shape index (κ1) is 20.5. The van der Waals surface area contributed by atoms with Gasteiger partial charge in [0, 0.05) is 17.5 Å². The number of carbonyl (C=O) groups is 1. The molecule has 146 valence electrons. The van der Waals surface area contributed by atoms with E-state index in [2.05, 4.69) is 15.0 Å². The molecule has 2 aromatic carbocycles. The summed E-state index contributed by atoms with van der Waals surface area (Å²) >= 11 is 7.58. The van der Waals surface area contributed by atoms with E-state index in [9.17, 15) is 13.2 Å². The number of amides is 1. The van der Waals surface area contributed by atoms with Gasteiger partial charge in [0.25, 0.3) is 5.91 Å². The largest absolute Gasteiger partial charge is 0.346 e. The van der Waals surface area contributed by atoms with Crippen LogP contribution in [0.25, 0.3) is 0 Å². The fraction of sp³-hybridized carbons (Fsp3) is 0.158. The zero-order valence-electron chi connectivity index (χ0n) is 15.0. The molecule has 0 unspecified atom stereocenters. The van der Waals surface area contributed by atoms with Crippen LogP contribution < -0.4 is 10.0 Å². The Kier molecular flexibility index (Phi) is 6.46. The fourth-order valence-electron chi connectivity index (χ4n) is 2.46. The molecular formula is C19H18ClN3O3S2. The van der Waals surface area contributed by atoms with Crippen LogP contribution in [0, 0.1) is 6.92 Å². The van der Waals surface area contributed by atoms with E-state index in [-0.39, 0.29) is 28.6 Å². The number of nitrogens with zero attached hydrogens (tertiary/aromatic N) is 1.